The van der Waals surface area contributed by atoms with Gasteiger partial charge in [0.15, 0.2) is 0 Å². The number of carboxylic acids is 1. The van der Waals surface area contributed by atoms with E-state index in [0.29, 0.717) is 15.9 Å². The predicted octanol–water partition coefficient (Wildman–Crippen LogP) is 4.05. The first-order valence-corrected chi connectivity index (χ1v) is 11.0. The summed E-state index contributed by atoms with van der Waals surface area (Å²) in [6.07, 6.45) is 2.98. The van der Waals surface area contributed by atoms with Gasteiger partial charge in [-0.05, 0) is 51.5 Å². The molecular weight excluding hydrogens is 487 g/mol. The lowest BCUT2D eigenvalue weighted by molar-refractivity contribution is -0.153. The highest BCUT2D eigenvalue weighted by molar-refractivity contribution is 6.30. The molecular formula is C22H26Cl2N4O6. The monoisotopic (exact) mass is 512 g/mol. The molecule has 0 aliphatic heterocycles. The lowest BCUT2D eigenvalue weighted by atomic mass is 9.87. The van der Waals surface area contributed by atoms with Gasteiger partial charge in [0, 0.05) is 12.4 Å². The first-order chi connectivity index (χ1) is 15.9. The molecule has 34 heavy (non-hydrogen) atoms. The lowest BCUT2D eigenvalue weighted by Crippen LogP contribution is -2.40. The molecule has 2 atom stereocenters. The van der Waals surface area contributed by atoms with Crippen molar-refractivity contribution in [3.63, 3.8) is 0 Å². The number of nitrogens with one attached hydrogen (secondary N) is 2. The van der Waals surface area contributed by atoms with Crippen LogP contribution in [0.1, 0.15) is 34.1 Å². The largest absolute Gasteiger partial charge is 0.480 e. The number of anilines is 2. The van der Waals surface area contributed by atoms with Crippen molar-refractivity contribution >= 4 is 58.6 Å². The SMILES string of the molecule is CCC(C)(C(=O)O)C(=O)Nc1ccc(Cl)cn1.CCOC(=O)C(C)C(=O)Nc1ccc(Cl)cn1. The first kappa shape index (κ1) is 28.8. The summed E-state index contributed by atoms with van der Waals surface area (Å²) in [6.45, 7) is 6.42. The Bertz CT molecular complexity index is 999. The van der Waals surface area contributed by atoms with Crippen LogP contribution < -0.4 is 10.6 Å². The Morgan fingerprint density at radius 2 is 1.50 bits per heavy atom. The second-order valence-corrected chi connectivity index (χ2v) is 8.00. The molecule has 0 aliphatic rings. The molecule has 0 saturated carbocycles. The minimum Gasteiger partial charge on any atom is -0.480 e. The fourth-order valence-electron chi connectivity index (χ4n) is 2.17. The number of aromatic nitrogens is 2. The van der Waals surface area contributed by atoms with Crippen molar-refractivity contribution in [3.05, 3.63) is 46.7 Å². The molecule has 2 heterocycles. The van der Waals surface area contributed by atoms with Crippen LogP contribution >= 0.6 is 23.2 Å². The zero-order valence-electron chi connectivity index (χ0n) is 19.1. The Morgan fingerprint density at radius 1 is 1.00 bits per heavy atom. The van der Waals surface area contributed by atoms with Gasteiger partial charge in [0.25, 0.3) is 0 Å². The van der Waals surface area contributed by atoms with Gasteiger partial charge in [-0.1, -0.05) is 30.1 Å². The quantitative estimate of drug-likeness (QED) is 0.354. The minimum atomic E-state index is -1.46. The molecule has 2 aromatic rings. The molecule has 2 aromatic heterocycles. The van der Waals surface area contributed by atoms with E-state index in [2.05, 4.69) is 20.6 Å². The Balaban J connectivity index is 0.000000340. The number of halogens is 2. The van der Waals surface area contributed by atoms with Crippen molar-refractivity contribution in [1.82, 2.24) is 9.97 Å². The third kappa shape index (κ3) is 8.60. The number of carbonyl (C=O) groups excluding carboxylic acids is 3. The van der Waals surface area contributed by atoms with E-state index in [1.807, 2.05) is 0 Å². The fraction of sp³-hybridized carbons (Fsp3) is 0.364. The second-order valence-electron chi connectivity index (χ2n) is 7.13. The summed E-state index contributed by atoms with van der Waals surface area (Å²) in [4.78, 5) is 53.6. The summed E-state index contributed by atoms with van der Waals surface area (Å²) < 4.78 is 4.74. The van der Waals surface area contributed by atoms with Gasteiger partial charge >= 0.3 is 11.9 Å². The van der Waals surface area contributed by atoms with Crippen LogP contribution in [-0.2, 0) is 23.9 Å². The van der Waals surface area contributed by atoms with E-state index in [4.69, 9.17) is 33.0 Å². The van der Waals surface area contributed by atoms with Gasteiger partial charge in [-0.2, -0.15) is 0 Å². The number of esters is 1. The summed E-state index contributed by atoms with van der Waals surface area (Å²) >= 11 is 11.3. The van der Waals surface area contributed by atoms with Crippen molar-refractivity contribution in [2.45, 2.75) is 34.1 Å². The van der Waals surface area contributed by atoms with Crippen LogP contribution in [0.15, 0.2) is 36.7 Å². The number of carboxylic acid groups (broad SMARTS) is 1. The Labute approximate surface area is 207 Å². The average molecular weight is 513 g/mol. The second kappa shape index (κ2) is 13.5. The van der Waals surface area contributed by atoms with Gasteiger partial charge in [0.2, 0.25) is 11.8 Å². The van der Waals surface area contributed by atoms with Gasteiger partial charge < -0.3 is 20.5 Å². The van der Waals surface area contributed by atoms with Gasteiger partial charge in [-0.15, -0.1) is 0 Å². The number of carbonyl (C=O) groups is 4. The van der Waals surface area contributed by atoms with Crippen molar-refractivity contribution in [2.24, 2.45) is 11.3 Å². The highest BCUT2D eigenvalue weighted by Crippen LogP contribution is 2.23. The fourth-order valence-corrected chi connectivity index (χ4v) is 2.40. The van der Waals surface area contributed by atoms with E-state index >= 15 is 0 Å². The van der Waals surface area contributed by atoms with E-state index in [-0.39, 0.29) is 18.8 Å². The summed E-state index contributed by atoms with van der Waals surface area (Å²) in [5.41, 5.74) is -1.46. The lowest BCUT2D eigenvalue weighted by Gasteiger charge is -2.21. The van der Waals surface area contributed by atoms with E-state index in [1.54, 1.807) is 32.0 Å². The molecule has 184 valence electrons. The van der Waals surface area contributed by atoms with Crippen LogP contribution in [-0.4, -0.2) is 45.4 Å². The first-order valence-electron chi connectivity index (χ1n) is 10.2. The topological polar surface area (TPSA) is 148 Å². The summed E-state index contributed by atoms with van der Waals surface area (Å²) in [6, 6.07) is 6.23. The van der Waals surface area contributed by atoms with Crippen molar-refractivity contribution in [2.75, 3.05) is 17.2 Å². The van der Waals surface area contributed by atoms with Gasteiger partial charge in [0.05, 0.1) is 16.7 Å². The zero-order valence-corrected chi connectivity index (χ0v) is 20.6. The van der Waals surface area contributed by atoms with E-state index in [1.165, 1.54) is 32.3 Å². The van der Waals surface area contributed by atoms with Crippen molar-refractivity contribution in [3.8, 4) is 0 Å². The zero-order chi connectivity index (χ0) is 25.9. The van der Waals surface area contributed by atoms with Crippen molar-refractivity contribution in [1.29, 1.82) is 0 Å². The Morgan fingerprint density at radius 3 is 1.88 bits per heavy atom. The molecule has 2 unspecified atom stereocenters. The molecule has 0 fully saturated rings. The number of hydrogen-bond donors (Lipinski definition) is 3. The molecule has 0 saturated heterocycles. The molecule has 2 amide bonds. The highest BCUT2D eigenvalue weighted by atomic mass is 35.5. The molecule has 12 heteroatoms. The van der Waals surface area contributed by atoms with Crippen LogP contribution in [0.25, 0.3) is 0 Å². The molecule has 0 spiro atoms. The number of ether oxygens (including phenoxy) is 1. The number of hydrogen-bond acceptors (Lipinski definition) is 7. The highest BCUT2D eigenvalue weighted by Gasteiger charge is 2.39. The molecule has 10 nitrogen and oxygen atoms in total. The summed E-state index contributed by atoms with van der Waals surface area (Å²) in [7, 11) is 0. The Hall–Kier alpha value is -3.24. The standard InChI is InChI=1S/2C11H13ClN2O3/c1-3-11(2,10(16)17)9(15)14-8-5-4-7(12)6-13-8;1-3-17-11(16)7(2)10(15)14-9-5-4-8(12)6-13-9/h4-6H,3H2,1-2H3,(H,16,17)(H,13,14,15);4-7H,3H2,1-2H3,(H,13,14,15). The van der Waals surface area contributed by atoms with Gasteiger partial charge in [-0.3, -0.25) is 19.2 Å². The number of pyridine rings is 2. The van der Waals surface area contributed by atoms with Crippen LogP contribution in [0.4, 0.5) is 11.6 Å². The maximum Gasteiger partial charge on any atom is 0.318 e. The third-order valence-corrected chi connectivity index (χ3v) is 5.11. The summed E-state index contributed by atoms with van der Waals surface area (Å²) in [5.74, 6) is -3.02. The number of aliphatic carboxylic acids is 1. The Kier molecular flexibility index (Phi) is 11.4. The normalized spacial score (nSPS) is 12.8. The van der Waals surface area contributed by atoms with Gasteiger partial charge in [-0.25, -0.2) is 9.97 Å². The van der Waals surface area contributed by atoms with E-state index in [0.717, 1.165) is 0 Å². The maximum atomic E-state index is 11.8. The predicted molar refractivity (Wildman–Crippen MR) is 128 cm³/mol. The maximum absolute atomic E-state index is 11.8. The molecule has 2 rings (SSSR count). The molecule has 0 bridgehead atoms. The molecule has 0 radical (unpaired) electrons. The van der Waals surface area contributed by atoms with Crippen LogP contribution in [0, 0.1) is 11.3 Å². The van der Waals surface area contributed by atoms with Crippen molar-refractivity contribution < 1.29 is 29.0 Å². The summed E-state index contributed by atoms with van der Waals surface area (Å²) in [5, 5.41) is 14.9. The molecule has 0 aliphatic carbocycles. The van der Waals surface area contributed by atoms with Crippen LogP contribution in [0.5, 0.6) is 0 Å². The smallest absolute Gasteiger partial charge is 0.318 e. The minimum absolute atomic E-state index is 0.196. The van der Waals surface area contributed by atoms with Crippen LogP contribution in [0.3, 0.4) is 0 Å². The third-order valence-electron chi connectivity index (χ3n) is 4.66. The molecule has 3 N–H and O–H groups in total. The average Bonchev–Trinajstić information content (AvgIpc) is 2.81. The van der Waals surface area contributed by atoms with Crippen LogP contribution in [0.2, 0.25) is 10.0 Å². The number of nitrogens with zero attached hydrogens (tertiary/aromatic N) is 2. The number of rotatable bonds is 8. The van der Waals surface area contributed by atoms with E-state index in [9.17, 15) is 19.2 Å². The van der Waals surface area contributed by atoms with E-state index < -0.39 is 35.1 Å². The van der Waals surface area contributed by atoms with Gasteiger partial charge in [0.1, 0.15) is 23.0 Å². The number of amides is 2. The molecule has 0 aromatic carbocycles.